The summed E-state index contributed by atoms with van der Waals surface area (Å²) in [7, 11) is 0. The molecule has 1 aromatic heterocycles. The summed E-state index contributed by atoms with van der Waals surface area (Å²) in [6.07, 6.45) is 0. The number of halogens is 1. The fraction of sp³-hybridized carbons (Fsp3) is 0.154. The Kier molecular flexibility index (Phi) is 4.78. The summed E-state index contributed by atoms with van der Waals surface area (Å²) in [5.74, 6) is 0.743. The van der Waals surface area contributed by atoms with Crippen LogP contribution in [0.2, 0.25) is 0 Å². The van der Waals surface area contributed by atoms with Gasteiger partial charge >= 0.3 is 0 Å². The monoisotopic (exact) mass is 325 g/mol. The van der Waals surface area contributed by atoms with Gasteiger partial charge in [0.2, 0.25) is 0 Å². The molecule has 18 heavy (non-hydrogen) atoms. The number of ether oxygens (including phenoxy) is 1. The van der Waals surface area contributed by atoms with Crippen LogP contribution in [0.5, 0.6) is 5.75 Å². The minimum atomic E-state index is -0.0673. The van der Waals surface area contributed by atoms with E-state index in [1.54, 1.807) is 6.07 Å². The van der Waals surface area contributed by atoms with E-state index in [1.165, 1.54) is 11.3 Å². The maximum atomic E-state index is 11.7. The Balaban J connectivity index is 1.71. The molecule has 2 rings (SSSR count). The Morgan fingerprint density at radius 2 is 2.00 bits per heavy atom. The Bertz CT molecular complexity index is 513. The number of rotatable bonds is 5. The van der Waals surface area contributed by atoms with Gasteiger partial charge in [-0.25, -0.2) is 0 Å². The zero-order chi connectivity index (χ0) is 12.8. The molecule has 1 aromatic carbocycles. The quantitative estimate of drug-likeness (QED) is 0.856. The lowest BCUT2D eigenvalue weighted by atomic mass is 10.3. The van der Waals surface area contributed by atoms with E-state index < -0.39 is 0 Å². The number of hydrogen-bond donors (Lipinski definition) is 1. The lowest BCUT2D eigenvalue weighted by molar-refractivity contribution is 0.0951. The number of para-hydroxylation sites is 1. The van der Waals surface area contributed by atoms with Gasteiger partial charge in [0.25, 0.3) is 5.91 Å². The van der Waals surface area contributed by atoms with Crippen molar-refractivity contribution in [3.8, 4) is 5.75 Å². The molecule has 0 fully saturated rings. The van der Waals surface area contributed by atoms with E-state index in [0.29, 0.717) is 18.0 Å². The average Bonchev–Trinajstić information content (AvgIpc) is 2.82. The highest BCUT2D eigenvalue weighted by atomic mass is 79.9. The number of amides is 1. The maximum absolute atomic E-state index is 11.7. The van der Waals surface area contributed by atoms with Crippen LogP contribution >= 0.6 is 27.3 Å². The second-order valence-corrected chi connectivity index (χ2v) is 5.98. The van der Waals surface area contributed by atoms with E-state index in [4.69, 9.17) is 4.74 Å². The molecule has 0 unspecified atom stereocenters. The molecule has 0 saturated carbocycles. The summed E-state index contributed by atoms with van der Waals surface area (Å²) in [5.41, 5.74) is 0. The predicted octanol–water partition coefficient (Wildman–Crippen LogP) is 3.32. The second kappa shape index (κ2) is 6.56. The molecule has 0 aliphatic heterocycles. The lowest BCUT2D eigenvalue weighted by Gasteiger charge is -2.06. The van der Waals surface area contributed by atoms with Gasteiger partial charge in [-0.3, -0.25) is 4.79 Å². The van der Waals surface area contributed by atoms with Gasteiger partial charge in [-0.05, 0) is 40.2 Å². The number of nitrogens with one attached hydrogen (secondary N) is 1. The van der Waals surface area contributed by atoms with Crippen LogP contribution in [-0.2, 0) is 0 Å². The third-order valence-electron chi connectivity index (χ3n) is 2.20. The SMILES string of the molecule is O=C(NCCOc1ccccc1)c1ccc(Br)s1. The van der Waals surface area contributed by atoms with Crippen molar-refractivity contribution in [3.63, 3.8) is 0 Å². The Morgan fingerprint density at radius 3 is 2.67 bits per heavy atom. The van der Waals surface area contributed by atoms with Crippen molar-refractivity contribution in [1.29, 1.82) is 0 Å². The van der Waals surface area contributed by atoms with Gasteiger partial charge in [0, 0.05) is 0 Å². The van der Waals surface area contributed by atoms with Crippen molar-refractivity contribution in [2.45, 2.75) is 0 Å². The first-order chi connectivity index (χ1) is 8.75. The van der Waals surface area contributed by atoms with Crippen LogP contribution in [0.25, 0.3) is 0 Å². The number of carbonyl (C=O) groups excluding carboxylic acids is 1. The van der Waals surface area contributed by atoms with Crippen LogP contribution in [-0.4, -0.2) is 19.1 Å². The summed E-state index contributed by atoms with van der Waals surface area (Å²) in [4.78, 5) is 12.4. The first-order valence-electron chi connectivity index (χ1n) is 5.47. The van der Waals surface area contributed by atoms with Gasteiger partial charge in [-0.1, -0.05) is 18.2 Å². The largest absolute Gasteiger partial charge is 0.492 e. The van der Waals surface area contributed by atoms with Gasteiger partial charge in [0.05, 0.1) is 15.2 Å². The molecule has 2 aromatic rings. The van der Waals surface area contributed by atoms with E-state index in [9.17, 15) is 4.79 Å². The van der Waals surface area contributed by atoms with Gasteiger partial charge in [0.1, 0.15) is 12.4 Å². The Morgan fingerprint density at radius 1 is 1.22 bits per heavy atom. The lowest BCUT2D eigenvalue weighted by Crippen LogP contribution is -2.27. The van der Waals surface area contributed by atoms with E-state index in [0.717, 1.165) is 9.54 Å². The van der Waals surface area contributed by atoms with Crippen molar-refractivity contribution in [1.82, 2.24) is 5.32 Å². The topological polar surface area (TPSA) is 38.3 Å². The van der Waals surface area contributed by atoms with E-state index in [1.807, 2.05) is 36.4 Å². The summed E-state index contributed by atoms with van der Waals surface area (Å²) < 4.78 is 6.43. The van der Waals surface area contributed by atoms with Gasteiger partial charge in [-0.15, -0.1) is 11.3 Å². The molecule has 0 bridgehead atoms. The van der Waals surface area contributed by atoms with E-state index in [-0.39, 0.29) is 5.91 Å². The zero-order valence-electron chi connectivity index (χ0n) is 9.56. The van der Waals surface area contributed by atoms with Crippen LogP contribution in [0.1, 0.15) is 9.67 Å². The molecule has 1 amide bonds. The smallest absolute Gasteiger partial charge is 0.261 e. The third kappa shape index (κ3) is 3.85. The second-order valence-electron chi connectivity index (χ2n) is 3.52. The van der Waals surface area contributed by atoms with E-state index >= 15 is 0 Å². The van der Waals surface area contributed by atoms with Gasteiger partial charge < -0.3 is 10.1 Å². The fourth-order valence-corrected chi connectivity index (χ4v) is 2.68. The van der Waals surface area contributed by atoms with Crippen LogP contribution in [0.3, 0.4) is 0 Å². The molecular formula is C13H12BrNO2S. The van der Waals surface area contributed by atoms with E-state index in [2.05, 4.69) is 21.2 Å². The minimum absolute atomic E-state index is 0.0673. The summed E-state index contributed by atoms with van der Waals surface area (Å²) in [6.45, 7) is 0.950. The van der Waals surface area contributed by atoms with Crippen molar-refractivity contribution in [3.05, 3.63) is 51.1 Å². The summed E-state index contributed by atoms with van der Waals surface area (Å²) in [5, 5.41) is 2.81. The first kappa shape index (κ1) is 13.1. The highest BCUT2D eigenvalue weighted by molar-refractivity contribution is 9.11. The maximum Gasteiger partial charge on any atom is 0.261 e. The number of thiophene rings is 1. The fourth-order valence-electron chi connectivity index (χ4n) is 1.37. The molecule has 0 spiro atoms. The normalized spacial score (nSPS) is 10.1. The van der Waals surface area contributed by atoms with Crippen LogP contribution in [0.4, 0.5) is 0 Å². The minimum Gasteiger partial charge on any atom is -0.492 e. The van der Waals surface area contributed by atoms with Crippen molar-refractivity contribution in [2.24, 2.45) is 0 Å². The molecule has 0 radical (unpaired) electrons. The van der Waals surface area contributed by atoms with Crippen LogP contribution in [0, 0.1) is 0 Å². The number of carbonyl (C=O) groups is 1. The highest BCUT2D eigenvalue weighted by Crippen LogP contribution is 2.21. The first-order valence-corrected chi connectivity index (χ1v) is 7.08. The Hall–Kier alpha value is -1.33. The van der Waals surface area contributed by atoms with Crippen LogP contribution in [0.15, 0.2) is 46.3 Å². The van der Waals surface area contributed by atoms with Gasteiger partial charge in [0.15, 0.2) is 0 Å². The molecule has 5 heteroatoms. The average molecular weight is 326 g/mol. The summed E-state index contributed by atoms with van der Waals surface area (Å²) in [6, 6.07) is 13.2. The molecule has 1 N–H and O–H groups in total. The zero-order valence-corrected chi connectivity index (χ0v) is 12.0. The third-order valence-corrected chi connectivity index (χ3v) is 3.82. The van der Waals surface area contributed by atoms with Crippen molar-refractivity contribution in [2.75, 3.05) is 13.2 Å². The Labute approximate surface area is 118 Å². The molecule has 1 heterocycles. The standard InChI is InChI=1S/C13H12BrNO2S/c14-12-7-6-11(18-12)13(16)15-8-9-17-10-4-2-1-3-5-10/h1-7H,8-9H2,(H,15,16). The number of hydrogen-bond acceptors (Lipinski definition) is 3. The van der Waals surface area contributed by atoms with Crippen molar-refractivity contribution >= 4 is 33.2 Å². The molecule has 0 aliphatic carbocycles. The molecule has 0 aliphatic rings. The van der Waals surface area contributed by atoms with Crippen LogP contribution < -0.4 is 10.1 Å². The molecular weight excluding hydrogens is 314 g/mol. The van der Waals surface area contributed by atoms with Crippen molar-refractivity contribution < 1.29 is 9.53 Å². The molecule has 0 atom stereocenters. The predicted molar refractivity (Wildman–Crippen MR) is 76.3 cm³/mol. The number of benzene rings is 1. The highest BCUT2D eigenvalue weighted by Gasteiger charge is 2.07. The molecule has 94 valence electrons. The molecule has 3 nitrogen and oxygen atoms in total. The summed E-state index contributed by atoms with van der Waals surface area (Å²) >= 11 is 4.74. The molecule has 0 saturated heterocycles. The van der Waals surface area contributed by atoms with Gasteiger partial charge in [-0.2, -0.15) is 0 Å².